The summed E-state index contributed by atoms with van der Waals surface area (Å²) in [6, 6.07) is 5.22. The first-order valence-corrected chi connectivity index (χ1v) is 7.11. The van der Waals surface area contributed by atoms with Gasteiger partial charge in [0.05, 0.1) is 5.56 Å². The normalized spacial score (nSPS) is 21.1. The molecule has 1 N–H and O–H groups in total. The molecule has 1 aliphatic heterocycles. The number of carbonyl (C=O) groups is 1. The number of carboxylic acids is 1. The first-order chi connectivity index (χ1) is 9.63. The molecule has 108 valence electrons. The van der Waals surface area contributed by atoms with Crippen LogP contribution >= 0.6 is 0 Å². The van der Waals surface area contributed by atoms with Gasteiger partial charge in [-0.3, -0.25) is 9.80 Å². The molecule has 5 heteroatoms. The van der Waals surface area contributed by atoms with Gasteiger partial charge >= 0.3 is 5.97 Å². The Morgan fingerprint density at radius 1 is 1.25 bits per heavy atom. The summed E-state index contributed by atoms with van der Waals surface area (Å²) in [5.41, 5.74) is 0.583. The number of halogens is 1. The van der Waals surface area contributed by atoms with E-state index in [1.165, 1.54) is 25.0 Å². The molecular weight excluding hydrogens is 259 g/mol. The number of hydrogen-bond donors (Lipinski definition) is 1. The van der Waals surface area contributed by atoms with Gasteiger partial charge in [-0.1, -0.05) is 6.07 Å². The average Bonchev–Trinajstić information content (AvgIpc) is 3.23. The molecule has 2 fully saturated rings. The summed E-state index contributed by atoms with van der Waals surface area (Å²) in [5.74, 6) is -1.86. The minimum atomic E-state index is -1.22. The van der Waals surface area contributed by atoms with Gasteiger partial charge in [0.1, 0.15) is 5.82 Å². The summed E-state index contributed by atoms with van der Waals surface area (Å²) in [6.45, 7) is 4.85. The van der Waals surface area contributed by atoms with E-state index in [-0.39, 0.29) is 5.56 Å². The van der Waals surface area contributed by atoms with Crippen molar-refractivity contribution in [3.63, 3.8) is 0 Å². The fourth-order valence-corrected chi connectivity index (χ4v) is 2.81. The highest BCUT2D eigenvalue weighted by Gasteiger charge is 2.31. The Morgan fingerprint density at radius 3 is 2.50 bits per heavy atom. The lowest BCUT2D eigenvalue weighted by Crippen LogP contribution is -2.46. The number of rotatable bonds is 4. The predicted molar refractivity (Wildman–Crippen MR) is 73.2 cm³/mol. The summed E-state index contributed by atoms with van der Waals surface area (Å²) in [4.78, 5) is 15.6. The summed E-state index contributed by atoms with van der Waals surface area (Å²) in [5, 5.41) is 8.81. The van der Waals surface area contributed by atoms with Crippen molar-refractivity contribution >= 4 is 5.97 Å². The molecule has 3 rings (SSSR count). The van der Waals surface area contributed by atoms with Crippen LogP contribution in [0.15, 0.2) is 18.2 Å². The van der Waals surface area contributed by atoms with Crippen molar-refractivity contribution in [3.8, 4) is 0 Å². The van der Waals surface area contributed by atoms with Crippen LogP contribution in [0.1, 0.15) is 28.8 Å². The van der Waals surface area contributed by atoms with E-state index in [0.29, 0.717) is 6.54 Å². The van der Waals surface area contributed by atoms with Crippen molar-refractivity contribution < 1.29 is 14.3 Å². The number of nitrogens with zero attached hydrogens (tertiary/aromatic N) is 2. The van der Waals surface area contributed by atoms with Gasteiger partial charge in [0.2, 0.25) is 0 Å². The molecule has 1 aliphatic carbocycles. The Kier molecular flexibility index (Phi) is 3.72. The monoisotopic (exact) mass is 278 g/mol. The number of piperazine rings is 1. The van der Waals surface area contributed by atoms with Crippen LogP contribution in [0.5, 0.6) is 0 Å². The first-order valence-electron chi connectivity index (χ1n) is 7.11. The van der Waals surface area contributed by atoms with Gasteiger partial charge in [-0.05, 0) is 30.5 Å². The number of aromatic carboxylic acids is 1. The second-order valence-corrected chi connectivity index (χ2v) is 5.66. The maximum atomic E-state index is 13.6. The second kappa shape index (κ2) is 5.50. The Hall–Kier alpha value is -1.46. The summed E-state index contributed by atoms with van der Waals surface area (Å²) < 4.78 is 13.6. The molecule has 0 amide bonds. The highest BCUT2D eigenvalue weighted by atomic mass is 19.1. The molecule has 1 aromatic rings. The van der Waals surface area contributed by atoms with Gasteiger partial charge in [0, 0.05) is 38.8 Å². The van der Waals surface area contributed by atoms with E-state index in [2.05, 4.69) is 9.80 Å². The van der Waals surface area contributed by atoms with E-state index >= 15 is 0 Å². The Labute approximate surface area is 117 Å². The zero-order valence-corrected chi connectivity index (χ0v) is 11.4. The molecule has 0 atom stereocenters. The van der Waals surface area contributed by atoms with Crippen molar-refractivity contribution in [3.05, 3.63) is 35.1 Å². The Bertz CT molecular complexity index is 509. The molecule has 0 spiro atoms. The Morgan fingerprint density at radius 2 is 1.95 bits per heavy atom. The van der Waals surface area contributed by atoms with Crippen LogP contribution in [0.4, 0.5) is 4.39 Å². The van der Waals surface area contributed by atoms with Crippen molar-refractivity contribution in [1.82, 2.24) is 9.80 Å². The second-order valence-electron chi connectivity index (χ2n) is 5.66. The van der Waals surface area contributed by atoms with Crippen LogP contribution in [0.25, 0.3) is 0 Å². The van der Waals surface area contributed by atoms with Gasteiger partial charge in [-0.15, -0.1) is 0 Å². The van der Waals surface area contributed by atoms with Crippen LogP contribution in [0.2, 0.25) is 0 Å². The van der Waals surface area contributed by atoms with E-state index in [1.54, 1.807) is 6.07 Å². The van der Waals surface area contributed by atoms with E-state index in [9.17, 15) is 9.18 Å². The van der Waals surface area contributed by atoms with Gasteiger partial charge in [0.25, 0.3) is 0 Å². The van der Waals surface area contributed by atoms with Crippen LogP contribution < -0.4 is 0 Å². The standard InChI is InChI=1S/C15H19FN2O2/c16-14-9-11(1-4-13(14)15(19)20)10-17-5-7-18(8-6-17)12-2-3-12/h1,4,9,12H,2-3,5-8,10H2,(H,19,20). The zero-order valence-electron chi connectivity index (χ0n) is 11.4. The number of hydrogen-bond acceptors (Lipinski definition) is 3. The lowest BCUT2D eigenvalue weighted by atomic mass is 10.1. The molecule has 0 radical (unpaired) electrons. The van der Waals surface area contributed by atoms with Crippen LogP contribution in [0, 0.1) is 5.82 Å². The van der Waals surface area contributed by atoms with Crippen molar-refractivity contribution in [2.24, 2.45) is 0 Å². The summed E-state index contributed by atoms with van der Waals surface area (Å²) in [7, 11) is 0. The van der Waals surface area contributed by atoms with Gasteiger partial charge < -0.3 is 5.11 Å². The fourth-order valence-electron chi connectivity index (χ4n) is 2.81. The van der Waals surface area contributed by atoms with E-state index in [0.717, 1.165) is 37.8 Å². The van der Waals surface area contributed by atoms with E-state index < -0.39 is 11.8 Å². The first kappa shape index (κ1) is 13.5. The highest BCUT2D eigenvalue weighted by Crippen LogP contribution is 2.27. The smallest absolute Gasteiger partial charge is 0.338 e. The molecule has 1 aromatic carbocycles. The maximum Gasteiger partial charge on any atom is 0.338 e. The zero-order chi connectivity index (χ0) is 14.1. The van der Waals surface area contributed by atoms with E-state index in [1.807, 2.05) is 0 Å². The molecule has 0 unspecified atom stereocenters. The quantitative estimate of drug-likeness (QED) is 0.912. The third-order valence-corrected chi connectivity index (χ3v) is 4.14. The minimum absolute atomic E-state index is 0.257. The molecule has 1 saturated heterocycles. The lowest BCUT2D eigenvalue weighted by molar-refractivity contribution is 0.0692. The molecule has 20 heavy (non-hydrogen) atoms. The molecule has 1 heterocycles. The molecule has 0 aromatic heterocycles. The summed E-state index contributed by atoms with van der Waals surface area (Å²) >= 11 is 0. The van der Waals surface area contributed by atoms with Crippen molar-refractivity contribution in [2.45, 2.75) is 25.4 Å². The molecule has 0 bridgehead atoms. The highest BCUT2D eigenvalue weighted by molar-refractivity contribution is 5.87. The third kappa shape index (κ3) is 2.99. The number of carboxylic acid groups (broad SMARTS) is 1. The van der Waals surface area contributed by atoms with E-state index in [4.69, 9.17) is 5.11 Å². The molecular formula is C15H19FN2O2. The fraction of sp³-hybridized carbons (Fsp3) is 0.533. The van der Waals surface area contributed by atoms with Gasteiger partial charge in [0.15, 0.2) is 0 Å². The molecule has 2 aliphatic rings. The Balaban J connectivity index is 1.58. The SMILES string of the molecule is O=C(O)c1ccc(CN2CCN(C3CC3)CC2)cc1F. The molecule has 1 saturated carbocycles. The van der Waals surface area contributed by atoms with Crippen LogP contribution in [-0.4, -0.2) is 53.1 Å². The maximum absolute atomic E-state index is 13.6. The van der Waals surface area contributed by atoms with Crippen LogP contribution in [0.3, 0.4) is 0 Å². The lowest BCUT2D eigenvalue weighted by Gasteiger charge is -2.34. The predicted octanol–water partition coefficient (Wildman–Crippen LogP) is 1.80. The van der Waals surface area contributed by atoms with Crippen molar-refractivity contribution in [2.75, 3.05) is 26.2 Å². The third-order valence-electron chi connectivity index (χ3n) is 4.14. The van der Waals surface area contributed by atoms with Crippen molar-refractivity contribution in [1.29, 1.82) is 0 Å². The molecule has 4 nitrogen and oxygen atoms in total. The largest absolute Gasteiger partial charge is 0.478 e. The topological polar surface area (TPSA) is 43.8 Å². The number of benzene rings is 1. The summed E-state index contributed by atoms with van der Waals surface area (Å²) in [6.07, 6.45) is 2.67. The minimum Gasteiger partial charge on any atom is -0.478 e. The van der Waals surface area contributed by atoms with Crippen LogP contribution in [-0.2, 0) is 6.54 Å². The average molecular weight is 278 g/mol. The van der Waals surface area contributed by atoms with Gasteiger partial charge in [-0.2, -0.15) is 0 Å². The van der Waals surface area contributed by atoms with Gasteiger partial charge in [-0.25, -0.2) is 9.18 Å².